The first kappa shape index (κ1) is 21.8. The van der Waals surface area contributed by atoms with E-state index in [0.717, 1.165) is 12.0 Å². The maximum absolute atomic E-state index is 15.5. The minimum absolute atomic E-state index is 0.0616. The van der Waals surface area contributed by atoms with Crippen molar-refractivity contribution in [2.45, 2.75) is 70.8 Å². The number of hydrogen-bond donors (Lipinski definition) is 2. The molecular formula is C25H29FN4O3. The topological polar surface area (TPSA) is 91.5 Å². The number of fused-ring (bicyclic) bond motifs is 2. The molecule has 33 heavy (non-hydrogen) atoms. The van der Waals surface area contributed by atoms with Gasteiger partial charge in [-0.3, -0.25) is 4.79 Å². The Hall–Kier alpha value is -3.00. The molecule has 2 aliphatic rings. The molecule has 0 saturated carbocycles. The third kappa shape index (κ3) is 3.66. The zero-order valence-corrected chi connectivity index (χ0v) is 19.6. The SMILES string of the molecule is Cc1cc(=O)c2cc(O)c(-c3cc4c(nn3)N([C@H]3CC(C)(C)NC(C)(C)[C@H]3F)CC4)cc2o1. The van der Waals surface area contributed by atoms with Crippen LogP contribution in [0.25, 0.3) is 22.2 Å². The summed E-state index contributed by atoms with van der Waals surface area (Å²) in [6.07, 6.45) is 0.316. The number of piperidine rings is 1. The van der Waals surface area contributed by atoms with E-state index in [9.17, 15) is 9.90 Å². The molecule has 3 aromatic rings. The van der Waals surface area contributed by atoms with E-state index in [2.05, 4.69) is 29.4 Å². The van der Waals surface area contributed by atoms with E-state index < -0.39 is 11.7 Å². The first-order chi connectivity index (χ1) is 15.4. The Morgan fingerprint density at radius 1 is 1.18 bits per heavy atom. The lowest BCUT2D eigenvalue weighted by Crippen LogP contribution is -2.69. The molecule has 2 atom stereocenters. The van der Waals surface area contributed by atoms with Gasteiger partial charge in [-0.15, -0.1) is 10.2 Å². The molecule has 0 amide bonds. The number of nitrogens with zero attached hydrogens (tertiary/aromatic N) is 3. The predicted octanol–water partition coefficient (Wildman–Crippen LogP) is 3.88. The predicted molar refractivity (Wildman–Crippen MR) is 126 cm³/mol. The molecule has 1 aromatic carbocycles. The van der Waals surface area contributed by atoms with Crippen molar-refractivity contribution >= 4 is 16.8 Å². The van der Waals surface area contributed by atoms with Crippen molar-refractivity contribution in [3.63, 3.8) is 0 Å². The summed E-state index contributed by atoms with van der Waals surface area (Å²) in [5.74, 6) is 1.13. The highest BCUT2D eigenvalue weighted by molar-refractivity contribution is 5.86. The van der Waals surface area contributed by atoms with Crippen LogP contribution in [0, 0.1) is 6.92 Å². The van der Waals surface area contributed by atoms with Gasteiger partial charge in [-0.1, -0.05) is 0 Å². The standard InChI is InChI=1S/C25H29FN4O3/c1-13-8-19(31)16-10-20(32)15(11-21(16)33-13)17-9-14-6-7-30(23(14)28-27-17)18-12-24(2,3)29-25(4,5)22(18)26/h8-11,18,22,29,32H,6-7,12H2,1-5H3/t18-,22-/m0/s1. The number of aromatic nitrogens is 2. The summed E-state index contributed by atoms with van der Waals surface area (Å²) in [5, 5.41) is 23.2. The summed E-state index contributed by atoms with van der Waals surface area (Å²) < 4.78 is 21.2. The van der Waals surface area contributed by atoms with Crippen molar-refractivity contribution in [1.29, 1.82) is 0 Å². The molecule has 5 rings (SSSR count). The van der Waals surface area contributed by atoms with Gasteiger partial charge in [-0.2, -0.15) is 0 Å². The molecule has 1 fully saturated rings. The number of halogens is 1. The number of nitrogens with one attached hydrogen (secondary N) is 1. The van der Waals surface area contributed by atoms with E-state index in [1.165, 1.54) is 12.1 Å². The molecule has 4 heterocycles. The van der Waals surface area contributed by atoms with Gasteiger partial charge in [0.2, 0.25) is 0 Å². The first-order valence-electron chi connectivity index (χ1n) is 11.3. The first-order valence-corrected chi connectivity index (χ1v) is 11.3. The van der Waals surface area contributed by atoms with E-state index in [4.69, 9.17) is 4.42 Å². The van der Waals surface area contributed by atoms with E-state index in [0.29, 0.717) is 46.8 Å². The van der Waals surface area contributed by atoms with E-state index in [-0.39, 0.29) is 22.8 Å². The smallest absolute Gasteiger partial charge is 0.193 e. The Labute approximate surface area is 191 Å². The largest absolute Gasteiger partial charge is 0.507 e. The van der Waals surface area contributed by atoms with E-state index in [1.807, 2.05) is 24.8 Å². The maximum Gasteiger partial charge on any atom is 0.193 e. The highest BCUT2D eigenvalue weighted by atomic mass is 19.1. The highest BCUT2D eigenvalue weighted by Crippen LogP contribution is 2.40. The fraction of sp³-hybridized carbons (Fsp3) is 0.480. The van der Waals surface area contributed by atoms with Crippen LogP contribution in [0.2, 0.25) is 0 Å². The molecule has 174 valence electrons. The van der Waals surface area contributed by atoms with E-state index >= 15 is 4.39 Å². The highest BCUT2D eigenvalue weighted by Gasteiger charge is 2.49. The van der Waals surface area contributed by atoms with Crippen LogP contribution in [0.3, 0.4) is 0 Å². The number of anilines is 1. The van der Waals surface area contributed by atoms with Gasteiger partial charge in [0.1, 0.15) is 23.3 Å². The Kier molecular flexibility index (Phi) is 4.79. The lowest BCUT2D eigenvalue weighted by atomic mass is 9.77. The fourth-order valence-corrected chi connectivity index (χ4v) is 5.53. The lowest BCUT2D eigenvalue weighted by molar-refractivity contribution is 0.0555. The van der Waals surface area contributed by atoms with Gasteiger partial charge in [0.15, 0.2) is 11.2 Å². The zero-order chi connectivity index (χ0) is 23.7. The Morgan fingerprint density at radius 2 is 1.94 bits per heavy atom. The summed E-state index contributed by atoms with van der Waals surface area (Å²) in [6, 6.07) is 6.01. The summed E-state index contributed by atoms with van der Waals surface area (Å²) in [4.78, 5) is 14.3. The fourth-order valence-electron chi connectivity index (χ4n) is 5.53. The number of phenols is 1. The molecule has 1 saturated heterocycles. The van der Waals surface area contributed by atoms with Crippen LogP contribution in [0.1, 0.15) is 45.4 Å². The lowest BCUT2D eigenvalue weighted by Gasteiger charge is -2.51. The maximum atomic E-state index is 15.5. The minimum atomic E-state index is -1.06. The van der Waals surface area contributed by atoms with Gasteiger partial charge in [-0.25, -0.2) is 4.39 Å². The van der Waals surface area contributed by atoms with Crippen molar-refractivity contribution in [3.8, 4) is 17.0 Å². The summed E-state index contributed by atoms with van der Waals surface area (Å²) in [5.41, 5.74) is 1.22. The normalized spacial score (nSPS) is 23.6. The second kappa shape index (κ2) is 7.25. The van der Waals surface area contributed by atoms with Crippen LogP contribution < -0.4 is 15.6 Å². The molecular weight excluding hydrogens is 423 g/mol. The summed E-state index contributed by atoms with van der Waals surface area (Å²) >= 11 is 0. The van der Waals surface area contributed by atoms with Gasteiger partial charge in [0, 0.05) is 34.8 Å². The number of phenolic OH excluding ortho intramolecular Hbond substituents is 1. The van der Waals surface area contributed by atoms with Crippen LogP contribution >= 0.6 is 0 Å². The van der Waals surface area contributed by atoms with Gasteiger partial charge >= 0.3 is 0 Å². The van der Waals surface area contributed by atoms with Gasteiger partial charge in [0.25, 0.3) is 0 Å². The van der Waals surface area contributed by atoms with Crippen molar-refractivity contribution in [2.24, 2.45) is 0 Å². The van der Waals surface area contributed by atoms with Crippen LogP contribution in [0.4, 0.5) is 10.2 Å². The van der Waals surface area contributed by atoms with Gasteiger partial charge < -0.3 is 19.7 Å². The molecule has 0 radical (unpaired) electrons. The summed E-state index contributed by atoms with van der Waals surface area (Å²) in [6.45, 7) is 10.4. The number of rotatable bonds is 2. The van der Waals surface area contributed by atoms with Crippen molar-refractivity contribution in [1.82, 2.24) is 15.5 Å². The summed E-state index contributed by atoms with van der Waals surface area (Å²) in [7, 11) is 0. The number of alkyl halides is 1. The molecule has 0 aliphatic carbocycles. The quantitative estimate of drug-likeness (QED) is 0.610. The van der Waals surface area contributed by atoms with Crippen molar-refractivity contribution in [2.75, 3.05) is 11.4 Å². The average molecular weight is 453 g/mol. The van der Waals surface area contributed by atoms with E-state index in [1.54, 1.807) is 13.0 Å². The molecule has 7 nitrogen and oxygen atoms in total. The molecule has 0 unspecified atom stereocenters. The molecule has 0 spiro atoms. The molecule has 2 N–H and O–H groups in total. The second-order valence-electron chi connectivity index (χ2n) is 10.5. The molecule has 8 heteroatoms. The van der Waals surface area contributed by atoms with Crippen LogP contribution in [0.5, 0.6) is 5.75 Å². The van der Waals surface area contributed by atoms with Gasteiger partial charge in [-0.05, 0) is 65.7 Å². The zero-order valence-electron chi connectivity index (χ0n) is 19.6. The average Bonchev–Trinajstić information content (AvgIpc) is 3.13. The molecule has 2 aliphatic heterocycles. The van der Waals surface area contributed by atoms with Crippen LogP contribution in [0.15, 0.2) is 33.5 Å². The number of aromatic hydroxyl groups is 1. The third-order valence-electron chi connectivity index (χ3n) is 6.80. The van der Waals surface area contributed by atoms with Gasteiger partial charge in [0.05, 0.1) is 17.1 Å². The molecule has 2 aromatic heterocycles. The Balaban J connectivity index is 1.52. The van der Waals surface area contributed by atoms with Crippen LogP contribution in [-0.4, -0.2) is 45.1 Å². The van der Waals surface area contributed by atoms with Crippen LogP contribution in [-0.2, 0) is 6.42 Å². The number of benzene rings is 1. The Morgan fingerprint density at radius 3 is 2.70 bits per heavy atom. The second-order valence-corrected chi connectivity index (χ2v) is 10.5. The number of hydrogen-bond acceptors (Lipinski definition) is 7. The monoisotopic (exact) mass is 452 g/mol. The Bertz CT molecular complexity index is 1320. The van der Waals surface area contributed by atoms with Crippen molar-refractivity contribution < 1.29 is 13.9 Å². The minimum Gasteiger partial charge on any atom is -0.507 e. The number of aryl methyl sites for hydroxylation is 1. The molecule has 0 bridgehead atoms. The third-order valence-corrected chi connectivity index (χ3v) is 6.80. The van der Waals surface area contributed by atoms with Crippen molar-refractivity contribution in [3.05, 3.63) is 45.8 Å².